The van der Waals surface area contributed by atoms with E-state index in [2.05, 4.69) is 15.2 Å². The van der Waals surface area contributed by atoms with E-state index in [0.717, 1.165) is 18.7 Å². The van der Waals surface area contributed by atoms with Crippen LogP contribution in [0.2, 0.25) is 0 Å². The van der Waals surface area contributed by atoms with Gasteiger partial charge in [0, 0.05) is 27.1 Å². The second-order valence-electron chi connectivity index (χ2n) is 3.68. The van der Waals surface area contributed by atoms with Gasteiger partial charge in [-0.25, -0.2) is 0 Å². The van der Waals surface area contributed by atoms with E-state index in [-0.39, 0.29) is 0 Å². The number of aromatic amines is 1. The number of nitrogens with one attached hydrogen (secondary N) is 1. The minimum Gasteiger partial charge on any atom is -0.298 e. The third-order valence-electron chi connectivity index (χ3n) is 2.21. The number of alkyl halides is 3. The normalized spacial score (nSPS) is 12.4. The first kappa shape index (κ1) is 14.9. The molecule has 0 aliphatic carbocycles. The zero-order valence-electron chi connectivity index (χ0n) is 10.4. The Labute approximate surface area is 106 Å². The van der Waals surface area contributed by atoms with Gasteiger partial charge in [-0.15, -0.1) is 0 Å². The monoisotopic (exact) mass is 276 g/mol. The number of nitrogens with zero attached hydrogens (tertiary/aromatic N) is 3. The van der Waals surface area contributed by atoms with Crippen LogP contribution in [0.5, 0.6) is 0 Å². The van der Waals surface area contributed by atoms with E-state index in [4.69, 9.17) is 0 Å². The fraction of sp³-hybridized carbons (Fsp3) is 0.400. The molecule has 19 heavy (non-hydrogen) atoms. The van der Waals surface area contributed by atoms with Crippen molar-refractivity contribution >= 4 is 17.6 Å². The van der Waals surface area contributed by atoms with Gasteiger partial charge in [-0.3, -0.25) is 19.6 Å². The number of carbonyl (C=O) groups is 2. The summed E-state index contributed by atoms with van der Waals surface area (Å²) in [5.74, 6) is -1.76. The Kier molecular flexibility index (Phi) is 4.07. The number of rotatable bonds is 1. The van der Waals surface area contributed by atoms with Gasteiger partial charge in [0.25, 0.3) is 0 Å². The molecular formula is C10H11F3N4O2. The molecule has 0 saturated heterocycles. The van der Waals surface area contributed by atoms with Crippen molar-refractivity contribution in [2.75, 3.05) is 7.05 Å². The number of hydrogen-bond acceptors (Lipinski definition) is 3. The molecule has 6 nitrogen and oxygen atoms in total. The lowest BCUT2D eigenvalue weighted by Gasteiger charge is -2.17. The molecular weight excluding hydrogens is 265 g/mol. The number of aliphatic imine (C=N–C) groups is 1. The highest BCUT2D eigenvalue weighted by Crippen LogP contribution is 2.31. The van der Waals surface area contributed by atoms with Gasteiger partial charge in [-0.2, -0.15) is 23.3 Å². The molecule has 0 saturated carbocycles. The lowest BCUT2D eigenvalue weighted by molar-refractivity contribution is -0.138. The smallest absolute Gasteiger partial charge is 0.298 e. The summed E-state index contributed by atoms with van der Waals surface area (Å²) < 4.78 is 38.2. The van der Waals surface area contributed by atoms with Crippen molar-refractivity contribution in [2.24, 2.45) is 4.99 Å². The van der Waals surface area contributed by atoms with E-state index in [1.165, 1.54) is 7.05 Å². The Morgan fingerprint density at radius 1 is 1.37 bits per heavy atom. The standard InChI is InChI=1S/C10H11F3N4O2/c1-5(18)15-9(17(3)6(2)19)8-7(4-14-16-8)10(11,12)13/h4H,1-3H3,(H,14,16). The third-order valence-corrected chi connectivity index (χ3v) is 2.21. The zero-order chi connectivity index (χ0) is 14.8. The van der Waals surface area contributed by atoms with E-state index in [1.807, 2.05) is 0 Å². The number of aromatic nitrogens is 2. The molecule has 9 heteroatoms. The van der Waals surface area contributed by atoms with Crippen molar-refractivity contribution in [3.8, 4) is 0 Å². The second kappa shape index (κ2) is 5.21. The van der Waals surface area contributed by atoms with Crippen molar-refractivity contribution in [1.29, 1.82) is 0 Å². The first-order valence-electron chi connectivity index (χ1n) is 5.09. The van der Waals surface area contributed by atoms with Gasteiger partial charge in [0.05, 0.1) is 0 Å². The highest BCUT2D eigenvalue weighted by atomic mass is 19.4. The number of carbonyl (C=O) groups excluding carboxylic acids is 2. The van der Waals surface area contributed by atoms with Crippen molar-refractivity contribution in [3.63, 3.8) is 0 Å². The Bertz CT molecular complexity index is 533. The number of hydrogen-bond donors (Lipinski definition) is 1. The van der Waals surface area contributed by atoms with Crippen LogP contribution in [0.3, 0.4) is 0 Å². The average molecular weight is 276 g/mol. The topological polar surface area (TPSA) is 78.4 Å². The molecule has 0 aliphatic rings. The van der Waals surface area contributed by atoms with Crippen LogP contribution < -0.4 is 0 Å². The Morgan fingerprint density at radius 2 is 1.95 bits per heavy atom. The quantitative estimate of drug-likeness (QED) is 0.618. The lowest BCUT2D eigenvalue weighted by atomic mass is 10.2. The van der Waals surface area contributed by atoms with Crippen LogP contribution in [-0.2, 0) is 15.8 Å². The van der Waals surface area contributed by atoms with Gasteiger partial charge in [-0.1, -0.05) is 0 Å². The van der Waals surface area contributed by atoms with Gasteiger partial charge in [0.15, 0.2) is 5.84 Å². The largest absolute Gasteiger partial charge is 0.420 e. The molecule has 0 aromatic carbocycles. The molecule has 0 unspecified atom stereocenters. The minimum atomic E-state index is -4.67. The molecule has 1 aromatic rings. The fourth-order valence-electron chi connectivity index (χ4n) is 1.26. The summed E-state index contributed by atoms with van der Waals surface area (Å²) in [7, 11) is 1.21. The summed E-state index contributed by atoms with van der Waals surface area (Å²) in [6, 6.07) is 0. The van der Waals surface area contributed by atoms with E-state index in [9.17, 15) is 22.8 Å². The molecule has 0 aliphatic heterocycles. The van der Waals surface area contributed by atoms with E-state index in [1.54, 1.807) is 0 Å². The maximum absolute atomic E-state index is 12.7. The van der Waals surface area contributed by atoms with Crippen LogP contribution in [0.4, 0.5) is 13.2 Å². The molecule has 0 spiro atoms. The predicted molar refractivity (Wildman–Crippen MR) is 59.3 cm³/mol. The third kappa shape index (κ3) is 3.39. The maximum atomic E-state index is 12.7. The van der Waals surface area contributed by atoms with Crippen molar-refractivity contribution in [1.82, 2.24) is 15.1 Å². The van der Waals surface area contributed by atoms with Crippen LogP contribution in [0, 0.1) is 0 Å². The minimum absolute atomic E-state index is 0.450. The molecule has 1 aromatic heterocycles. The summed E-state index contributed by atoms with van der Waals surface area (Å²) >= 11 is 0. The number of amides is 2. The molecule has 2 amide bonds. The lowest BCUT2D eigenvalue weighted by Crippen LogP contribution is -2.34. The zero-order valence-corrected chi connectivity index (χ0v) is 10.4. The van der Waals surface area contributed by atoms with Crippen molar-refractivity contribution in [3.05, 3.63) is 17.5 Å². The molecule has 0 radical (unpaired) electrons. The molecule has 0 atom stereocenters. The first-order valence-corrected chi connectivity index (χ1v) is 5.09. The molecule has 104 valence electrons. The summed E-state index contributed by atoms with van der Waals surface area (Å²) in [5, 5.41) is 5.47. The number of amidine groups is 1. The van der Waals surface area contributed by atoms with Crippen LogP contribution in [-0.4, -0.2) is 39.8 Å². The molecule has 0 fully saturated rings. The summed E-state index contributed by atoms with van der Waals surface area (Å²) in [6.45, 7) is 2.20. The van der Waals surface area contributed by atoms with Crippen LogP contribution in [0.15, 0.2) is 11.2 Å². The van der Waals surface area contributed by atoms with Gasteiger partial charge in [-0.05, 0) is 0 Å². The Morgan fingerprint density at radius 3 is 2.37 bits per heavy atom. The van der Waals surface area contributed by atoms with Gasteiger partial charge in [0.1, 0.15) is 11.3 Å². The predicted octanol–water partition coefficient (Wildman–Crippen LogP) is 1.20. The Hall–Kier alpha value is -2.19. The Balaban J connectivity index is 3.40. The average Bonchev–Trinajstić information content (AvgIpc) is 2.72. The second-order valence-corrected chi connectivity index (χ2v) is 3.68. The van der Waals surface area contributed by atoms with Crippen LogP contribution >= 0.6 is 0 Å². The molecule has 1 rings (SSSR count). The van der Waals surface area contributed by atoms with E-state index in [0.29, 0.717) is 6.20 Å². The summed E-state index contributed by atoms with van der Waals surface area (Å²) in [4.78, 5) is 26.5. The van der Waals surface area contributed by atoms with Gasteiger partial charge < -0.3 is 0 Å². The number of H-pyrrole nitrogens is 1. The molecule has 1 N–H and O–H groups in total. The van der Waals surface area contributed by atoms with Crippen LogP contribution in [0.1, 0.15) is 25.1 Å². The van der Waals surface area contributed by atoms with Crippen molar-refractivity contribution in [2.45, 2.75) is 20.0 Å². The number of halogens is 3. The van der Waals surface area contributed by atoms with E-state index < -0.39 is 35.1 Å². The van der Waals surface area contributed by atoms with Gasteiger partial charge >= 0.3 is 6.18 Å². The first-order chi connectivity index (χ1) is 8.64. The van der Waals surface area contributed by atoms with E-state index >= 15 is 0 Å². The summed E-state index contributed by atoms with van der Waals surface area (Å²) in [5.41, 5.74) is -1.69. The molecule has 0 bridgehead atoms. The maximum Gasteiger partial charge on any atom is 0.420 e. The van der Waals surface area contributed by atoms with Gasteiger partial charge in [0.2, 0.25) is 11.8 Å². The highest BCUT2D eigenvalue weighted by molar-refractivity contribution is 6.10. The summed E-state index contributed by atoms with van der Waals surface area (Å²) in [6.07, 6.45) is -4.03. The van der Waals surface area contributed by atoms with Crippen LogP contribution in [0.25, 0.3) is 0 Å². The van der Waals surface area contributed by atoms with Crippen molar-refractivity contribution < 1.29 is 22.8 Å². The highest BCUT2D eigenvalue weighted by Gasteiger charge is 2.37. The SMILES string of the molecule is CC(=O)N=C(c1n[nH]cc1C(F)(F)F)N(C)C(C)=O. The molecule has 1 heterocycles. The fourth-order valence-corrected chi connectivity index (χ4v) is 1.26.